The molecule has 2 rings (SSSR count). The van der Waals surface area contributed by atoms with Crippen LogP contribution in [0.25, 0.3) is 0 Å². The van der Waals surface area contributed by atoms with Crippen LogP contribution in [0.3, 0.4) is 0 Å². The van der Waals surface area contributed by atoms with Crippen molar-refractivity contribution in [2.24, 2.45) is 0 Å². The van der Waals surface area contributed by atoms with Gasteiger partial charge in [-0.15, -0.1) is 0 Å². The van der Waals surface area contributed by atoms with Crippen LogP contribution in [0.1, 0.15) is 5.56 Å². The highest BCUT2D eigenvalue weighted by molar-refractivity contribution is 5.69. The zero-order valence-corrected chi connectivity index (χ0v) is 9.26. The Bertz CT molecular complexity index is 437. The molecule has 0 bridgehead atoms. The highest BCUT2D eigenvalue weighted by Gasteiger charge is 2.07. The van der Waals surface area contributed by atoms with Gasteiger partial charge in [0.25, 0.3) is 0 Å². The van der Waals surface area contributed by atoms with Gasteiger partial charge in [-0.3, -0.25) is 5.32 Å². The first-order chi connectivity index (χ1) is 8.34. The zero-order valence-electron chi connectivity index (χ0n) is 9.26. The lowest BCUT2D eigenvalue weighted by Crippen LogP contribution is -2.26. The Hall–Kier alpha value is -2.23. The molecule has 1 aromatic carbocycles. The van der Waals surface area contributed by atoms with Gasteiger partial charge >= 0.3 is 6.09 Å². The molecule has 0 spiro atoms. The molecule has 4 heteroatoms. The summed E-state index contributed by atoms with van der Waals surface area (Å²) in [7, 11) is 0. The van der Waals surface area contributed by atoms with E-state index in [9.17, 15) is 4.79 Å². The summed E-state index contributed by atoms with van der Waals surface area (Å²) < 4.78 is 10.1. The Morgan fingerprint density at radius 1 is 1.35 bits per heavy atom. The van der Waals surface area contributed by atoms with E-state index < -0.39 is 6.09 Å². The number of benzene rings is 1. The maximum Gasteiger partial charge on any atom is 0.411 e. The number of nitrogens with one attached hydrogen (secondary N) is 1. The minimum Gasteiger partial charge on any atom is -0.495 e. The number of carbonyl (C=O) groups excluding carboxylic acids is 1. The Kier molecular flexibility index (Phi) is 3.81. The number of amides is 1. The first kappa shape index (κ1) is 11.3. The van der Waals surface area contributed by atoms with Gasteiger partial charge in [0.05, 0.1) is 12.0 Å². The van der Waals surface area contributed by atoms with Crippen LogP contribution in [0.15, 0.2) is 54.4 Å². The average molecular weight is 231 g/mol. The van der Waals surface area contributed by atoms with Crippen molar-refractivity contribution < 1.29 is 14.3 Å². The largest absolute Gasteiger partial charge is 0.495 e. The fourth-order valence-corrected chi connectivity index (χ4v) is 1.37. The smallest absolute Gasteiger partial charge is 0.411 e. The molecule has 0 atom stereocenters. The fourth-order valence-electron chi connectivity index (χ4n) is 1.37. The second-order valence-corrected chi connectivity index (χ2v) is 3.52. The molecule has 1 aliphatic rings. The number of alkyl carbamates (subject to hydrolysis) is 1. The van der Waals surface area contributed by atoms with Crippen LogP contribution in [0.2, 0.25) is 0 Å². The molecule has 0 radical (unpaired) electrons. The fraction of sp³-hybridized carbons (Fsp3) is 0.154. The second-order valence-electron chi connectivity index (χ2n) is 3.52. The molecule has 0 fully saturated rings. The maximum absolute atomic E-state index is 11.4. The predicted octanol–water partition coefficient (Wildman–Crippen LogP) is 2.34. The number of rotatable bonds is 3. The van der Waals surface area contributed by atoms with Gasteiger partial charge in [0.15, 0.2) is 0 Å². The van der Waals surface area contributed by atoms with Crippen molar-refractivity contribution in [3.63, 3.8) is 0 Å². The lowest BCUT2D eigenvalue weighted by molar-refractivity contribution is 0.140. The van der Waals surface area contributed by atoms with E-state index in [0.29, 0.717) is 12.3 Å². The Morgan fingerprint density at radius 3 is 2.88 bits per heavy atom. The standard InChI is InChI=1S/C13H13NO3/c15-13(14-12-7-4-8-16-10-12)17-9-11-5-2-1-3-6-11/h1-8H,9-10H2,(H,14,15). The molecular formula is C13H13NO3. The Morgan fingerprint density at radius 2 is 2.18 bits per heavy atom. The van der Waals surface area contributed by atoms with Gasteiger partial charge in [-0.25, -0.2) is 4.79 Å². The van der Waals surface area contributed by atoms with Crippen LogP contribution in [-0.2, 0) is 16.1 Å². The molecule has 1 aromatic rings. The normalized spacial score (nSPS) is 13.5. The van der Waals surface area contributed by atoms with Crippen molar-refractivity contribution in [1.29, 1.82) is 0 Å². The van der Waals surface area contributed by atoms with Crippen LogP contribution in [0.4, 0.5) is 4.79 Å². The van der Waals surface area contributed by atoms with Crippen LogP contribution in [-0.4, -0.2) is 12.7 Å². The zero-order chi connectivity index (χ0) is 11.9. The third-order valence-corrected chi connectivity index (χ3v) is 2.19. The van der Waals surface area contributed by atoms with Crippen LogP contribution >= 0.6 is 0 Å². The number of ether oxygens (including phenoxy) is 2. The molecule has 0 aromatic heterocycles. The summed E-state index contributed by atoms with van der Waals surface area (Å²) in [4.78, 5) is 11.4. The molecule has 1 aliphatic heterocycles. The Labute approximate surface area is 99.5 Å². The molecule has 0 aliphatic carbocycles. The van der Waals surface area contributed by atoms with Crippen molar-refractivity contribution in [2.45, 2.75) is 6.61 Å². The lowest BCUT2D eigenvalue weighted by Gasteiger charge is -2.12. The van der Waals surface area contributed by atoms with Crippen molar-refractivity contribution in [2.75, 3.05) is 6.61 Å². The average Bonchev–Trinajstić information content (AvgIpc) is 2.39. The quantitative estimate of drug-likeness (QED) is 0.868. The summed E-state index contributed by atoms with van der Waals surface area (Å²) in [6.45, 7) is 0.619. The van der Waals surface area contributed by atoms with Gasteiger partial charge < -0.3 is 9.47 Å². The van der Waals surface area contributed by atoms with E-state index in [4.69, 9.17) is 9.47 Å². The monoisotopic (exact) mass is 231 g/mol. The van der Waals surface area contributed by atoms with Gasteiger partial charge in [-0.1, -0.05) is 30.3 Å². The van der Waals surface area contributed by atoms with Crippen LogP contribution < -0.4 is 5.32 Å². The Balaban J connectivity index is 1.78. The van der Waals surface area contributed by atoms with E-state index in [1.165, 1.54) is 0 Å². The molecule has 1 heterocycles. The summed E-state index contributed by atoms with van der Waals surface area (Å²) in [6.07, 6.45) is 4.59. The van der Waals surface area contributed by atoms with Gasteiger partial charge in [0, 0.05) is 0 Å². The highest BCUT2D eigenvalue weighted by atomic mass is 16.5. The van der Waals surface area contributed by atoms with E-state index in [1.807, 2.05) is 30.3 Å². The molecule has 88 valence electrons. The summed E-state index contributed by atoms with van der Waals surface area (Å²) >= 11 is 0. The summed E-state index contributed by atoms with van der Waals surface area (Å²) in [5.74, 6) is 0. The maximum atomic E-state index is 11.4. The summed E-state index contributed by atoms with van der Waals surface area (Å²) in [5, 5.41) is 2.61. The minimum atomic E-state index is -0.473. The molecule has 17 heavy (non-hydrogen) atoms. The summed E-state index contributed by atoms with van der Waals surface area (Å²) in [5.41, 5.74) is 1.64. The SMILES string of the molecule is O=C(NC1=CC=COC1)OCc1ccccc1. The van der Waals surface area contributed by atoms with Gasteiger partial charge in [-0.05, 0) is 17.7 Å². The van der Waals surface area contributed by atoms with Gasteiger partial charge in [-0.2, -0.15) is 0 Å². The first-order valence-corrected chi connectivity index (χ1v) is 5.29. The number of carbonyl (C=O) groups is 1. The van der Waals surface area contributed by atoms with Crippen molar-refractivity contribution in [3.8, 4) is 0 Å². The van der Waals surface area contributed by atoms with E-state index in [2.05, 4.69) is 5.32 Å². The molecule has 0 unspecified atom stereocenters. The molecule has 1 N–H and O–H groups in total. The van der Waals surface area contributed by atoms with Crippen LogP contribution in [0, 0.1) is 0 Å². The number of hydrogen-bond donors (Lipinski definition) is 1. The number of allylic oxidation sites excluding steroid dienone is 2. The van der Waals surface area contributed by atoms with Crippen molar-refractivity contribution >= 4 is 6.09 Å². The topological polar surface area (TPSA) is 47.6 Å². The third kappa shape index (κ3) is 3.68. The molecule has 0 saturated heterocycles. The van der Waals surface area contributed by atoms with E-state index in [0.717, 1.165) is 5.56 Å². The van der Waals surface area contributed by atoms with Gasteiger partial charge in [0.1, 0.15) is 13.2 Å². The second kappa shape index (κ2) is 5.75. The predicted molar refractivity (Wildman–Crippen MR) is 62.9 cm³/mol. The van der Waals surface area contributed by atoms with Crippen molar-refractivity contribution in [3.05, 3.63) is 60.0 Å². The first-order valence-electron chi connectivity index (χ1n) is 5.29. The molecular weight excluding hydrogens is 218 g/mol. The van der Waals surface area contributed by atoms with E-state index in [-0.39, 0.29) is 6.61 Å². The summed E-state index contributed by atoms with van der Waals surface area (Å²) in [6, 6.07) is 9.52. The van der Waals surface area contributed by atoms with Crippen LogP contribution in [0.5, 0.6) is 0 Å². The lowest BCUT2D eigenvalue weighted by atomic mass is 10.2. The van der Waals surface area contributed by atoms with E-state index in [1.54, 1.807) is 18.4 Å². The van der Waals surface area contributed by atoms with Gasteiger partial charge in [0.2, 0.25) is 0 Å². The molecule has 0 saturated carbocycles. The number of hydrogen-bond acceptors (Lipinski definition) is 3. The highest BCUT2D eigenvalue weighted by Crippen LogP contribution is 2.03. The minimum absolute atomic E-state index is 0.261. The molecule has 4 nitrogen and oxygen atoms in total. The van der Waals surface area contributed by atoms with E-state index >= 15 is 0 Å². The van der Waals surface area contributed by atoms with Crippen molar-refractivity contribution in [1.82, 2.24) is 5.32 Å². The third-order valence-electron chi connectivity index (χ3n) is 2.19. The molecule has 1 amide bonds.